The SMILES string of the molecule is CCOc1cc(OC)c(-c2nc3c(n2C(C)C)[C@]2(C(=O)Nc4cc(Cl)ccc42)N(c2cccc(Cl)c2)C3=O)cn1. The van der Waals surface area contributed by atoms with Crippen LogP contribution < -0.4 is 19.7 Å². The maximum absolute atomic E-state index is 14.3. The van der Waals surface area contributed by atoms with Gasteiger partial charge in [0.15, 0.2) is 11.2 Å². The number of amides is 2. The van der Waals surface area contributed by atoms with Crippen molar-refractivity contribution in [1.29, 1.82) is 0 Å². The van der Waals surface area contributed by atoms with Crippen LogP contribution in [-0.4, -0.2) is 40.1 Å². The molecule has 2 aliphatic heterocycles. The minimum Gasteiger partial charge on any atom is -0.496 e. The lowest BCUT2D eigenvalue weighted by molar-refractivity contribution is -0.119. The molecule has 0 fully saturated rings. The Kier molecular flexibility index (Phi) is 6.23. The summed E-state index contributed by atoms with van der Waals surface area (Å²) in [4.78, 5) is 39.3. The van der Waals surface area contributed by atoms with E-state index in [0.29, 0.717) is 62.3 Å². The van der Waals surface area contributed by atoms with Crippen LogP contribution in [0.25, 0.3) is 11.4 Å². The van der Waals surface area contributed by atoms with Crippen molar-refractivity contribution in [2.45, 2.75) is 32.4 Å². The molecule has 0 bridgehead atoms. The van der Waals surface area contributed by atoms with Crippen LogP contribution in [0.4, 0.5) is 11.4 Å². The fourth-order valence-electron chi connectivity index (χ4n) is 5.62. The van der Waals surface area contributed by atoms with E-state index in [9.17, 15) is 9.59 Å². The van der Waals surface area contributed by atoms with E-state index in [-0.39, 0.29) is 11.7 Å². The van der Waals surface area contributed by atoms with Gasteiger partial charge in [-0.3, -0.25) is 14.5 Å². The third-order valence-electron chi connectivity index (χ3n) is 7.12. The summed E-state index contributed by atoms with van der Waals surface area (Å²) in [5.41, 5.74) is 1.14. The molecule has 0 aliphatic carbocycles. The first-order chi connectivity index (χ1) is 19.2. The van der Waals surface area contributed by atoms with E-state index in [1.807, 2.05) is 25.3 Å². The molecule has 40 heavy (non-hydrogen) atoms. The average molecular weight is 578 g/mol. The molecule has 0 saturated heterocycles. The number of pyridine rings is 1. The summed E-state index contributed by atoms with van der Waals surface area (Å²) >= 11 is 12.7. The molecule has 9 nitrogen and oxygen atoms in total. The molecule has 0 unspecified atom stereocenters. The van der Waals surface area contributed by atoms with E-state index in [4.69, 9.17) is 37.7 Å². The van der Waals surface area contributed by atoms with Gasteiger partial charge in [0.1, 0.15) is 11.6 Å². The number of imidazole rings is 1. The first-order valence-corrected chi connectivity index (χ1v) is 13.5. The molecule has 2 amide bonds. The first kappa shape index (κ1) is 26.2. The van der Waals surface area contributed by atoms with Crippen LogP contribution in [-0.2, 0) is 10.3 Å². The lowest BCUT2D eigenvalue weighted by atomic mass is 9.87. The Morgan fingerprint density at radius 2 is 1.85 bits per heavy atom. The number of aromatic nitrogens is 3. The Balaban J connectivity index is 1.69. The van der Waals surface area contributed by atoms with Crippen LogP contribution in [0.15, 0.2) is 54.7 Å². The standard InChI is InChI=1S/C29H25Cl2N5O4/c1-5-40-23-13-22(39-4)19(14-32-23)26-34-24-25(35(26)15(2)3)29(20-10-9-17(31)12-21(20)33-28(29)38)36(27(24)37)18-8-6-7-16(30)11-18/h6-15H,5H2,1-4H3,(H,33,38)/t29-/m1/s1. The highest BCUT2D eigenvalue weighted by molar-refractivity contribution is 6.32. The quantitative estimate of drug-likeness (QED) is 0.297. The molecule has 2 aliphatic rings. The monoisotopic (exact) mass is 577 g/mol. The number of benzene rings is 2. The van der Waals surface area contributed by atoms with Crippen molar-refractivity contribution in [2.75, 3.05) is 23.9 Å². The van der Waals surface area contributed by atoms with Gasteiger partial charge in [0.05, 0.1) is 25.0 Å². The minimum absolute atomic E-state index is 0.151. The normalized spacial score (nSPS) is 17.4. The van der Waals surface area contributed by atoms with Crippen LogP contribution in [0.3, 0.4) is 0 Å². The fourth-order valence-corrected chi connectivity index (χ4v) is 5.98. The van der Waals surface area contributed by atoms with E-state index in [1.165, 1.54) is 4.90 Å². The van der Waals surface area contributed by atoms with E-state index >= 15 is 0 Å². The molecule has 204 valence electrons. The predicted octanol–water partition coefficient (Wildman–Crippen LogP) is 6.10. The summed E-state index contributed by atoms with van der Waals surface area (Å²) < 4.78 is 13.1. The summed E-state index contributed by atoms with van der Waals surface area (Å²) in [6, 6.07) is 13.5. The molecule has 1 spiro atoms. The van der Waals surface area contributed by atoms with Crippen molar-refractivity contribution < 1.29 is 19.1 Å². The molecule has 0 radical (unpaired) electrons. The number of hydrogen-bond acceptors (Lipinski definition) is 6. The van der Waals surface area contributed by atoms with Gasteiger partial charge in [-0.15, -0.1) is 0 Å². The second-order valence-electron chi connectivity index (χ2n) is 9.73. The maximum Gasteiger partial charge on any atom is 0.280 e. The number of nitrogens with zero attached hydrogens (tertiary/aromatic N) is 4. The Morgan fingerprint density at radius 1 is 1.07 bits per heavy atom. The predicted molar refractivity (Wildman–Crippen MR) is 153 cm³/mol. The zero-order chi connectivity index (χ0) is 28.3. The smallest absolute Gasteiger partial charge is 0.280 e. The van der Waals surface area contributed by atoms with Crippen molar-refractivity contribution in [1.82, 2.24) is 14.5 Å². The second-order valence-corrected chi connectivity index (χ2v) is 10.6. The largest absolute Gasteiger partial charge is 0.496 e. The Bertz CT molecular complexity index is 1700. The van der Waals surface area contributed by atoms with Crippen molar-refractivity contribution in [3.05, 3.63) is 81.7 Å². The Labute approximate surface area is 240 Å². The van der Waals surface area contributed by atoms with Crippen LogP contribution in [0.5, 0.6) is 11.6 Å². The number of anilines is 2. The van der Waals surface area contributed by atoms with E-state index in [2.05, 4.69) is 10.3 Å². The highest BCUT2D eigenvalue weighted by Crippen LogP contribution is 2.54. The number of hydrogen-bond donors (Lipinski definition) is 1. The highest BCUT2D eigenvalue weighted by Gasteiger charge is 2.64. The zero-order valence-corrected chi connectivity index (χ0v) is 23.7. The van der Waals surface area contributed by atoms with Gasteiger partial charge < -0.3 is 19.4 Å². The summed E-state index contributed by atoms with van der Waals surface area (Å²) in [7, 11) is 1.54. The fraction of sp³-hybridized carbons (Fsp3) is 0.241. The number of ether oxygens (including phenoxy) is 2. The van der Waals surface area contributed by atoms with Gasteiger partial charge in [-0.25, -0.2) is 9.97 Å². The minimum atomic E-state index is -1.57. The lowest BCUT2D eigenvalue weighted by Gasteiger charge is -2.35. The van der Waals surface area contributed by atoms with Gasteiger partial charge in [-0.2, -0.15) is 0 Å². The van der Waals surface area contributed by atoms with Crippen LogP contribution in [0, 0.1) is 0 Å². The number of carbonyl (C=O) groups excluding carboxylic acids is 2. The van der Waals surface area contributed by atoms with Gasteiger partial charge in [-0.1, -0.05) is 35.3 Å². The number of halogens is 2. The molecule has 11 heteroatoms. The Morgan fingerprint density at radius 3 is 2.55 bits per heavy atom. The first-order valence-electron chi connectivity index (χ1n) is 12.7. The molecule has 6 rings (SSSR count). The summed E-state index contributed by atoms with van der Waals surface area (Å²) in [5.74, 6) is 0.482. The molecule has 2 aromatic heterocycles. The van der Waals surface area contributed by atoms with Crippen LogP contribution in [0.2, 0.25) is 10.0 Å². The van der Waals surface area contributed by atoms with Gasteiger partial charge >= 0.3 is 0 Å². The molecular formula is C29H25Cl2N5O4. The van der Waals surface area contributed by atoms with Crippen LogP contribution >= 0.6 is 23.2 Å². The van der Waals surface area contributed by atoms with Crippen molar-refractivity contribution >= 4 is 46.4 Å². The van der Waals surface area contributed by atoms with E-state index in [0.717, 1.165) is 0 Å². The molecule has 4 aromatic rings. The zero-order valence-electron chi connectivity index (χ0n) is 22.2. The van der Waals surface area contributed by atoms with Gasteiger partial charge in [0, 0.05) is 45.3 Å². The molecule has 4 heterocycles. The lowest BCUT2D eigenvalue weighted by Crippen LogP contribution is -2.51. The second kappa shape index (κ2) is 9.53. The third-order valence-corrected chi connectivity index (χ3v) is 7.59. The van der Waals surface area contributed by atoms with Gasteiger partial charge in [-0.05, 0) is 51.1 Å². The molecule has 1 N–H and O–H groups in total. The topological polar surface area (TPSA) is 98.6 Å². The van der Waals surface area contributed by atoms with E-state index in [1.54, 1.807) is 61.8 Å². The molecule has 0 saturated carbocycles. The summed E-state index contributed by atoms with van der Waals surface area (Å²) in [6.07, 6.45) is 1.61. The number of nitrogens with one attached hydrogen (secondary N) is 1. The van der Waals surface area contributed by atoms with Gasteiger partial charge in [0.25, 0.3) is 11.8 Å². The van der Waals surface area contributed by atoms with E-state index < -0.39 is 17.4 Å². The van der Waals surface area contributed by atoms with Crippen molar-refractivity contribution in [2.24, 2.45) is 0 Å². The van der Waals surface area contributed by atoms with Crippen LogP contribution in [0.1, 0.15) is 48.6 Å². The van der Waals surface area contributed by atoms with Crippen molar-refractivity contribution in [3.8, 4) is 23.0 Å². The molecular weight excluding hydrogens is 553 g/mol. The number of methoxy groups -OCH3 is 1. The molecule has 2 aromatic carbocycles. The summed E-state index contributed by atoms with van der Waals surface area (Å²) in [6.45, 7) is 6.25. The number of rotatable bonds is 6. The maximum atomic E-state index is 14.3. The average Bonchev–Trinajstić information content (AvgIpc) is 3.52. The number of fused-ring (bicyclic) bond motifs is 4. The molecule has 1 atom stereocenters. The van der Waals surface area contributed by atoms with Gasteiger partial charge in [0.2, 0.25) is 5.88 Å². The van der Waals surface area contributed by atoms with Crippen molar-refractivity contribution in [3.63, 3.8) is 0 Å². The highest BCUT2D eigenvalue weighted by atomic mass is 35.5. The number of carbonyl (C=O) groups is 2. The Hall–Kier alpha value is -4.08. The third kappa shape index (κ3) is 3.61. The summed E-state index contributed by atoms with van der Waals surface area (Å²) in [5, 5.41) is 3.85.